The van der Waals surface area contributed by atoms with Gasteiger partial charge in [0.15, 0.2) is 4.85 Å². The highest BCUT2D eigenvalue weighted by molar-refractivity contribution is 7.13. The third kappa shape index (κ3) is 3.02. The molecule has 0 aromatic heterocycles. The lowest BCUT2D eigenvalue weighted by Gasteiger charge is -2.62. The average Bonchev–Trinajstić information content (AvgIpc) is 3.18. The van der Waals surface area contributed by atoms with E-state index in [9.17, 15) is 0 Å². The molecule has 0 aromatic carbocycles. The van der Waals surface area contributed by atoms with Crippen LogP contribution in [0.3, 0.4) is 0 Å². The highest BCUT2D eigenvalue weighted by Gasteiger charge is 2.94. The molecule has 6 rings (SSSR count). The van der Waals surface area contributed by atoms with E-state index in [1.807, 2.05) is 0 Å². The summed E-state index contributed by atoms with van der Waals surface area (Å²) in [6.45, 7) is 31.8. The van der Waals surface area contributed by atoms with Crippen LogP contribution >= 0.6 is 0 Å². The number of hydrogen-bond donors (Lipinski definition) is 0. The second kappa shape index (κ2) is 7.67. The Labute approximate surface area is 222 Å². The summed E-state index contributed by atoms with van der Waals surface area (Å²) in [5.74, 6) is 0. The largest absolute Gasteiger partial charge is 0.518 e. The zero-order valence-electron chi connectivity index (χ0n) is 19.7. The van der Waals surface area contributed by atoms with E-state index in [4.69, 9.17) is 49.7 Å². The van der Waals surface area contributed by atoms with E-state index in [1.165, 1.54) is 46.0 Å². The maximum atomic E-state index is 6.87. The van der Waals surface area contributed by atoms with Crippen LogP contribution < -0.4 is 0 Å². The van der Waals surface area contributed by atoms with Gasteiger partial charge in [0.2, 0.25) is 0 Å². The van der Waals surface area contributed by atoms with E-state index in [-0.39, 0.29) is 0 Å². The van der Waals surface area contributed by atoms with Crippen LogP contribution in [-0.4, -0.2) is 75.0 Å². The number of fused-ring (bicyclic) bond motifs is 5. The maximum absolute atomic E-state index is 6.87. The fourth-order valence-electron chi connectivity index (χ4n) is 4.88. The van der Waals surface area contributed by atoms with Crippen molar-refractivity contribution in [2.45, 2.75) is 4.85 Å². The van der Waals surface area contributed by atoms with Gasteiger partial charge in [-0.15, -0.1) is 46.1 Å². The molecule has 9 atom stereocenters. The molecule has 6 fully saturated rings. The number of hydrogen-bond acceptors (Lipinski definition) is 12. The zero-order chi connectivity index (χ0) is 26.6. The smallest absolute Gasteiger partial charge is 0.386 e. The first-order chi connectivity index (χ1) is 17.5. The monoisotopic (exact) mass is 644 g/mol. The van der Waals surface area contributed by atoms with E-state index in [0.29, 0.717) is 0 Å². The average molecular weight is 645 g/mol. The minimum Gasteiger partial charge on any atom is -0.386 e. The van der Waals surface area contributed by atoms with E-state index >= 15 is 0 Å². The molecule has 6 heterocycles. The number of rotatable bonds is 8. The van der Waals surface area contributed by atoms with Gasteiger partial charge in [0.25, 0.3) is 0 Å². The predicted octanol–water partition coefficient (Wildman–Crippen LogP) is 1.36. The summed E-state index contributed by atoms with van der Waals surface area (Å²) in [6.07, 6.45) is 1.47. The summed E-state index contributed by atoms with van der Waals surface area (Å²) in [4.78, 5) is -1.70. The van der Waals surface area contributed by atoms with E-state index in [0.717, 1.165) is 0 Å². The summed E-state index contributed by atoms with van der Waals surface area (Å²) >= 11 is 0. The van der Waals surface area contributed by atoms with Crippen LogP contribution in [0.1, 0.15) is 0 Å². The molecule has 0 radical (unpaired) electrons. The van der Waals surface area contributed by atoms with Crippen molar-refractivity contribution in [2.75, 3.05) is 0 Å². The van der Waals surface area contributed by atoms with Crippen LogP contribution in [0, 0.1) is 0 Å². The molecular formula is C17H24O12Si8. The van der Waals surface area contributed by atoms with Crippen LogP contribution in [0.2, 0.25) is 0 Å². The molecule has 0 N–H and O–H groups in total. The fourth-order valence-corrected chi connectivity index (χ4v) is 50.5. The van der Waals surface area contributed by atoms with Crippen molar-refractivity contribution in [3.8, 4) is 0 Å². The van der Waals surface area contributed by atoms with Gasteiger partial charge in [-0.25, -0.2) is 0 Å². The lowest BCUT2D eigenvalue weighted by Crippen LogP contribution is -2.92. The Bertz CT molecular complexity index is 1210. The zero-order valence-corrected chi connectivity index (χ0v) is 27.7. The van der Waals surface area contributed by atoms with Crippen molar-refractivity contribution in [3.63, 3.8) is 0 Å². The normalized spacial score (nSPS) is 56.6. The van der Waals surface area contributed by atoms with Gasteiger partial charge in [0.1, 0.15) is 0 Å². The molecular weight excluding hydrogens is 621 g/mol. The highest BCUT2D eigenvalue weighted by atomic mass is 28.6. The van der Waals surface area contributed by atoms with Crippen molar-refractivity contribution in [1.29, 1.82) is 0 Å². The van der Waals surface area contributed by atoms with Gasteiger partial charge in [-0.3, -0.25) is 0 Å². The van der Waals surface area contributed by atoms with Crippen molar-refractivity contribution in [1.82, 2.24) is 0 Å². The van der Waals surface area contributed by atoms with Crippen LogP contribution in [0.15, 0.2) is 98.6 Å². The highest BCUT2D eigenvalue weighted by Crippen LogP contribution is 2.60. The van der Waals surface area contributed by atoms with E-state index in [1.54, 1.807) is 0 Å². The SMILES string of the molecule is C=CC12O[Si]3(C=C)O[Si]4(C=C)O[Si]5(C=C)O[Si]6(C=C)O[Si](C=C)(O4)O[Si]1(O3)O[Si](C=C)(O6)O[Si]2(C=C)O5. The van der Waals surface area contributed by atoms with Gasteiger partial charge in [0.05, 0.1) is 0 Å². The molecule has 0 aromatic rings. The second-order valence-electron chi connectivity index (χ2n) is 8.44. The first kappa shape index (κ1) is 26.4. The van der Waals surface area contributed by atoms with Crippen LogP contribution in [-0.2, 0) is 49.7 Å². The van der Waals surface area contributed by atoms with Gasteiger partial charge in [-0.2, -0.15) is 0 Å². The summed E-state index contributed by atoms with van der Waals surface area (Å²) in [7, 11) is -32.8. The molecule has 0 amide bonds. The predicted molar refractivity (Wildman–Crippen MR) is 143 cm³/mol. The summed E-state index contributed by atoms with van der Waals surface area (Å²) in [5, 5.41) is 0. The van der Waals surface area contributed by atoms with Crippen molar-refractivity contribution >= 4 is 70.2 Å². The second-order valence-corrected chi connectivity index (χ2v) is 32.2. The molecule has 37 heavy (non-hydrogen) atoms. The molecule has 1 spiro atoms. The Hall–Kier alpha value is -0.825. The van der Waals surface area contributed by atoms with Crippen molar-refractivity contribution < 1.29 is 49.7 Å². The summed E-state index contributed by atoms with van der Waals surface area (Å²) in [6, 6.07) is 0. The standard InChI is InChI=1S/C17H24O12Si8/c1-9-17-18-31(11-3)21-34(14-6)22-32(12-4)19-30(17,10-2)20-33(13-5)24-35(15-7,23-32)26-36(16-8,25-34)29-37(17,27-31)28-33/h9-16H,1-8H2. The van der Waals surface area contributed by atoms with Crippen molar-refractivity contribution in [3.05, 3.63) is 98.6 Å². The van der Waals surface area contributed by atoms with Gasteiger partial charge in [-0.05, 0) is 39.9 Å². The molecule has 6 saturated heterocycles. The maximum Gasteiger partial charge on any atom is 0.518 e. The molecule has 8 bridgehead atoms. The lowest BCUT2D eigenvalue weighted by molar-refractivity contribution is 0.0138. The first-order valence-corrected chi connectivity index (χ1v) is 25.4. The third-order valence-electron chi connectivity index (χ3n) is 6.46. The Kier molecular flexibility index (Phi) is 5.47. The fraction of sp³-hybridized carbons (Fsp3) is 0.0588. The lowest BCUT2D eigenvalue weighted by atomic mass is 10.7. The van der Waals surface area contributed by atoms with E-state index in [2.05, 4.69) is 52.6 Å². The van der Waals surface area contributed by atoms with Crippen LogP contribution in [0.5, 0.6) is 0 Å². The van der Waals surface area contributed by atoms with Gasteiger partial charge < -0.3 is 49.7 Å². The van der Waals surface area contributed by atoms with Crippen molar-refractivity contribution in [2.24, 2.45) is 0 Å². The molecule has 0 saturated carbocycles. The van der Waals surface area contributed by atoms with Gasteiger partial charge in [-0.1, -0.05) is 12.7 Å². The van der Waals surface area contributed by atoms with Gasteiger partial charge in [0, 0.05) is 0 Å². The molecule has 6 aliphatic heterocycles. The topological polar surface area (TPSA) is 111 Å². The molecule has 20 heteroatoms. The molecule has 6 aliphatic rings. The summed E-state index contributed by atoms with van der Waals surface area (Å²) in [5.41, 5.74) is 9.92. The Morgan fingerprint density at radius 1 is 0.378 bits per heavy atom. The molecule has 196 valence electrons. The molecule has 9 unspecified atom stereocenters. The molecule has 12 nitrogen and oxygen atoms in total. The minimum atomic E-state index is -4.30. The van der Waals surface area contributed by atoms with Crippen LogP contribution in [0.25, 0.3) is 0 Å². The quantitative estimate of drug-likeness (QED) is 0.281. The minimum absolute atomic E-state index is 1.38. The Morgan fingerprint density at radius 2 is 0.703 bits per heavy atom. The first-order valence-electron chi connectivity index (χ1n) is 11.0. The molecule has 0 aliphatic carbocycles. The summed E-state index contributed by atoms with van der Waals surface area (Å²) < 4.78 is 80.2. The van der Waals surface area contributed by atoms with Crippen LogP contribution in [0.4, 0.5) is 0 Å². The van der Waals surface area contributed by atoms with Gasteiger partial charge >= 0.3 is 70.2 Å². The third-order valence-corrected chi connectivity index (χ3v) is 40.5. The Morgan fingerprint density at radius 3 is 1.08 bits per heavy atom. The van der Waals surface area contributed by atoms with E-state index < -0.39 is 75.0 Å². The Balaban J connectivity index is 1.83.